The van der Waals surface area contributed by atoms with E-state index in [0.717, 1.165) is 18.8 Å². The highest BCUT2D eigenvalue weighted by Gasteiger charge is 2.14. The number of aromatic nitrogens is 1. The molecule has 0 radical (unpaired) electrons. The van der Waals surface area contributed by atoms with Gasteiger partial charge >= 0.3 is 0 Å². The summed E-state index contributed by atoms with van der Waals surface area (Å²) in [6.07, 6.45) is 3.55. The van der Waals surface area contributed by atoms with Crippen molar-refractivity contribution in [2.24, 2.45) is 5.73 Å². The highest BCUT2D eigenvalue weighted by molar-refractivity contribution is 5.44. The second-order valence-electron chi connectivity index (χ2n) is 5.46. The maximum Gasteiger partial charge on any atom is 0.128 e. The van der Waals surface area contributed by atoms with Crippen LogP contribution in [0.4, 0.5) is 5.82 Å². The maximum absolute atomic E-state index is 5.80. The maximum atomic E-state index is 5.80. The Morgan fingerprint density at radius 3 is 2.70 bits per heavy atom. The number of rotatable bonds is 4. The van der Waals surface area contributed by atoms with E-state index in [1.807, 2.05) is 6.07 Å². The minimum Gasteiger partial charge on any atom is -0.355 e. The van der Waals surface area contributed by atoms with Gasteiger partial charge in [-0.3, -0.25) is 0 Å². The Morgan fingerprint density at radius 1 is 1.10 bits per heavy atom. The molecule has 0 amide bonds. The molecule has 1 aromatic heterocycles. The van der Waals surface area contributed by atoms with Crippen molar-refractivity contribution < 1.29 is 0 Å². The number of nitrogens with two attached hydrogens (primary N) is 1. The molecule has 0 saturated carbocycles. The van der Waals surface area contributed by atoms with Gasteiger partial charge in [0.2, 0.25) is 0 Å². The van der Waals surface area contributed by atoms with Crippen molar-refractivity contribution in [2.75, 3.05) is 11.9 Å². The summed E-state index contributed by atoms with van der Waals surface area (Å²) in [5.74, 6) is 1.05. The van der Waals surface area contributed by atoms with E-state index in [1.54, 1.807) is 0 Å². The predicted molar refractivity (Wildman–Crippen MR) is 82.7 cm³/mol. The Balaban J connectivity index is 1.81. The highest BCUT2D eigenvalue weighted by atomic mass is 15.2. The van der Waals surface area contributed by atoms with Crippen molar-refractivity contribution in [3.05, 3.63) is 58.8 Å². The molecule has 0 fully saturated rings. The van der Waals surface area contributed by atoms with Gasteiger partial charge in [-0.2, -0.15) is 0 Å². The molecule has 1 aliphatic carbocycles. The van der Waals surface area contributed by atoms with Crippen molar-refractivity contribution >= 4 is 5.82 Å². The van der Waals surface area contributed by atoms with Crippen LogP contribution < -0.4 is 10.6 Å². The van der Waals surface area contributed by atoms with Crippen LogP contribution in [0.25, 0.3) is 0 Å². The average Bonchev–Trinajstić information content (AvgIpc) is 2.95. The Labute approximate surface area is 120 Å². The van der Waals surface area contributed by atoms with Gasteiger partial charge in [-0.05, 0) is 42.0 Å². The standard InChI is InChI=1S/C17H21N3/c1-20(12-15-6-3-2-5-14(15)11-18)17-10-9-13-7-4-8-16(13)19-17/h2-3,5-6,9-10H,4,7-8,11-12,18H2,1H3. The SMILES string of the molecule is CN(Cc1ccccc1CN)c1ccc2c(n1)CCC2. The molecule has 0 saturated heterocycles. The Bertz CT molecular complexity index is 607. The van der Waals surface area contributed by atoms with Crippen LogP contribution in [0.3, 0.4) is 0 Å². The topological polar surface area (TPSA) is 42.1 Å². The predicted octanol–water partition coefficient (Wildman–Crippen LogP) is 2.67. The van der Waals surface area contributed by atoms with Gasteiger partial charge in [-0.15, -0.1) is 0 Å². The van der Waals surface area contributed by atoms with Crippen molar-refractivity contribution in [3.8, 4) is 0 Å². The van der Waals surface area contributed by atoms with Crippen LogP contribution in [0, 0.1) is 0 Å². The molecular weight excluding hydrogens is 246 g/mol. The molecule has 2 aromatic rings. The molecule has 3 heteroatoms. The summed E-state index contributed by atoms with van der Waals surface area (Å²) in [5.41, 5.74) is 11.0. The summed E-state index contributed by atoms with van der Waals surface area (Å²) in [6, 6.07) is 12.7. The highest BCUT2D eigenvalue weighted by Crippen LogP contribution is 2.23. The molecule has 0 unspecified atom stereocenters. The van der Waals surface area contributed by atoms with E-state index in [4.69, 9.17) is 10.7 Å². The first-order valence-electron chi connectivity index (χ1n) is 7.24. The molecule has 104 valence electrons. The van der Waals surface area contributed by atoms with Gasteiger partial charge in [-0.1, -0.05) is 30.3 Å². The number of hydrogen-bond acceptors (Lipinski definition) is 3. The van der Waals surface area contributed by atoms with Gasteiger partial charge in [0.15, 0.2) is 0 Å². The average molecular weight is 267 g/mol. The molecule has 2 N–H and O–H groups in total. The van der Waals surface area contributed by atoms with E-state index in [1.165, 1.54) is 35.2 Å². The first-order chi connectivity index (χ1) is 9.78. The van der Waals surface area contributed by atoms with Crippen molar-refractivity contribution in [2.45, 2.75) is 32.4 Å². The van der Waals surface area contributed by atoms with Crippen LogP contribution in [-0.4, -0.2) is 12.0 Å². The molecule has 0 aliphatic heterocycles. The first-order valence-corrected chi connectivity index (χ1v) is 7.24. The fraction of sp³-hybridized carbons (Fsp3) is 0.353. The van der Waals surface area contributed by atoms with Crippen molar-refractivity contribution in [3.63, 3.8) is 0 Å². The molecular formula is C17H21N3. The van der Waals surface area contributed by atoms with Crippen LogP contribution in [0.15, 0.2) is 36.4 Å². The first kappa shape index (κ1) is 13.1. The van der Waals surface area contributed by atoms with Crippen LogP contribution in [0.1, 0.15) is 28.8 Å². The summed E-state index contributed by atoms with van der Waals surface area (Å²) in [4.78, 5) is 7.00. The second kappa shape index (κ2) is 5.63. The van der Waals surface area contributed by atoms with E-state index in [0.29, 0.717) is 6.54 Å². The smallest absolute Gasteiger partial charge is 0.128 e. The number of pyridine rings is 1. The molecule has 0 spiro atoms. The van der Waals surface area contributed by atoms with Gasteiger partial charge in [-0.25, -0.2) is 4.98 Å². The van der Waals surface area contributed by atoms with Gasteiger partial charge in [0.25, 0.3) is 0 Å². The largest absolute Gasteiger partial charge is 0.355 e. The van der Waals surface area contributed by atoms with Gasteiger partial charge < -0.3 is 10.6 Å². The van der Waals surface area contributed by atoms with Crippen LogP contribution in [0.2, 0.25) is 0 Å². The molecule has 3 nitrogen and oxygen atoms in total. The monoisotopic (exact) mass is 267 g/mol. The molecule has 20 heavy (non-hydrogen) atoms. The van der Waals surface area contributed by atoms with E-state index < -0.39 is 0 Å². The fourth-order valence-corrected chi connectivity index (χ4v) is 2.87. The summed E-state index contributed by atoms with van der Waals surface area (Å²) < 4.78 is 0. The van der Waals surface area contributed by atoms with Crippen LogP contribution in [-0.2, 0) is 25.9 Å². The molecule has 3 rings (SSSR count). The number of anilines is 1. The van der Waals surface area contributed by atoms with Crippen LogP contribution in [0.5, 0.6) is 0 Å². The third-order valence-corrected chi connectivity index (χ3v) is 4.05. The molecule has 1 heterocycles. The minimum atomic E-state index is 0.585. The molecule has 1 aliphatic rings. The fourth-order valence-electron chi connectivity index (χ4n) is 2.87. The lowest BCUT2D eigenvalue weighted by Crippen LogP contribution is -2.19. The van der Waals surface area contributed by atoms with E-state index >= 15 is 0 Å². The van der Waals surface area contributed by atoms with Crippen LogP contribution >= 0.6 is 0 Å². The Morgan fingerprint density at radius 2 is 1.90 bits per heavy atom. The van der Waals surface area contributed by atoms with E-state index in [9.17, 15) is 0 Å². The Hall–Kier alpha value is -1.87. The lowest BCUT2D eigenvalue weighted by Gasteiger charge is -2.20. The van der Waals surface area contributed by atoms with Gasteiger partial charge in [0.1, 0.15) is 5.82 Å². The lowest BCUT2D eigenvalue weighted by atomic mass is 10.1. The number of aryl methyl sites for hydroxylation is 2. The molecule has 0 atom stereocenters. The summed E-state index contributed by atoms with van der Waals surface area (Å²) in [6.45, 7) is 1.43. The normalized spacial score (nSPS) is 13.3. The van der Waals surface area contributed by atoms with Crippen molar-refractivity contribution in [1.29, 1.82) is 0 Å². The van der Waals surface area contributed by atoms with E-state index in [-0.39, 0.29) is 0 Å². The minimum absolute atomic E-state index is 0.585. The second-order valence-corrected chi connectivity index (χ2v) is 5.46. The molecule has 0 bridgehead atoms. The number of hydrogen-bond donors (Lipinski definition) is 1. The van der Waals surface area contributed by atoms with Crippen molar-refractivity contribution in [1.82, 2.24) is 4.98 Å². The van der Waals surface area contributed by atoms with E-state index in [2.05, 4.69) is 42.3 Å². The summed E-state index contributed by atoms with van der Waals surface area (Å²) in [5, 5.41) is 0. The Kier molecular flexibility index (Phi) is 3.70. The third kappa shape index (κ3) is 2.54. The van der Waals surface area contributed by atoms with Gasteiger partial charge in [0, 0.05) is 25.8 Å². The zero-order valence-corrected chi connectivity index (χ0v) is 12.0. The molecule has 1 aromatic carbocycles. The third-order valence-electron chi connectivity index (χ3n) is 4.05. The van der Waals surface area contributed by atoms with Gasteiger partial charge in [0.05, 0.1) is 0 Å². The zero-order chi connectivity index (χ0) is 13.9. The quantitative estimate of drug-likeness (QED) is 0.926. The summed E-state index contributed by atoms with van der Waals surface area (Å²) >= 11 is 0. The zero-order valence-electron chi connectivity index (χ0n) is 12.0. The summed E-state index contributed by atoms with van der Waals surface area (Å²) in [7, 11) is 2.09. The number of fused-ring (bicyclic) bond motifs is 1. The number of nitrogens with zero attached hydrogens (tertiary/aromatic N) is 2. The lowest BCUT2D eigenvalue weighted by molar-refractivity contribution is 0.861. The number of benzene rings is 1.